The number of rotatable bonds is 4. The fraction of sp³-hybridized carbons (Fsp3) is 0.231. The highest BCUT2D eigenvalue weighted by Crippen LogP contribution is 2.26. The molecule has 0 saturated carbocycles. The molecular formula is C13H14ClN7O. The molecular weight excluding hydrogens is 306 g/mol. The normalized spacial score (nSPS) is 10.9. The zero-order chi connectivity index (χ0) is 15.7. The van der Waals surface area contributed by atoms with Crippen LogP contribution in [0.1, 0.15) is 17.1 Å². The Kier molecular flexibility index (Phi) is 3.68. The number of halogens is 1. The molecule has 3 rings (SSSR count). The second-order valence-electron chi connectivity index (χ2n) is 4.82. The van der Waals surface area contributed by atoms with E-state index in [1.54, 1.807) is 4.90 Å². The van der Waals surface area contributed by atoms with E-state index in [2.05, 4.69) is 25.3 Å². The summed E-state index contributed by atoms with van der Waals surface area (Å²) in [5, 5.41) is 11.2. The lowest BCUT2D eigenvalue weighted by Crippen LogP contribution is -2.19. The summed E-state index contributed by atoms with van der Waals surface area (Å²) in [6.45, 7) is 4.12. The van der Waals surface area contributed by atoms with Gasteiger partial charge in [0.25, 0.3) is 0 Å². The van der Waals surface area contributed by atoms with E-state index in [0.717, 1.165) is 11.4 Å². The minimum absolute atomic E-state index is 0.210. The van der Waals surface area contributed by atoms with Crippen molar-refractivity contribution in [3.8, 4) is 0 Å². The lowest BCUT2D eigenvalue weighted by Gasteiger charge is -2.19. The van der Waals surface area contributed by atoms with Gasteiger partial charge in [-0.25, -0.2) is 4.98 Å². The van der Waals surface area contributed by atoms with Gasteiger partial charge < -0.3 is 10.3 Å². The van der Waals surface area contributed by atoms with Crippen LogP contribution in [0.25, 0.3) is 0 Å². The fourth-order valence-electron chi connectivity index (χ4n) is 1.96. The van der Waals surface area contributed by atoms with Crippen LogP contribution in [-0.4, -0.2) is 25.3 Å². The topological polar surface area (TPSA) is 110 Å². The summed E-state index contributed by atoms with van der Waals surface area (Å²) in [6, 6.07) is 3.72. The molecule has 0 atom stereocenters. The Labute approximate surface area is 131 Å². The van der Waals surface area contributed by atoms with Crippen molar-refractivity contribution in [1.29, 1.82) is 0 Å². The molecule has 0 unspecified atom stereocenters. The molecule has 114 valence electrons. The molecule has 3 N–H and O–H groups in total. The van der Waals surface area contributed by atoms with Gasteiger partial charge in [0, 0.05) is 12.1 Å². The van der Waals surface area contributed by atoms with Crippen LogP contribution in [0.5, 0.6) is 0 Å². The van der Waals surface area contributed by atoms with Crippen molar-refractivity contribution < 1.29 is 4.52 Å². The highest BCUT2D eigenvalue weighted by atomic mass is 35.5. The fourth-order valence-corrected chi connectivity index (χ4v) is 2.05. The number of nitrogens with two attached hydrogens (primary N) is 1. The summed E-state index contributed by atoms with van der Waals surface area (Å²) in [6.07, 6.45) is 1.46. The number of nitrogens with zero attached hydrogens (tertiary/aromatic N) is 5. The van der Waals surface area contributed by atoms with Crippen LogP contribution in [0.4, 0.5) is 17.6 Å². The molecule has 0 radical (unpaired) electrons. The molecule has 3 heterocycles. The molecule has 0 aliphatic carbocycles. The summed E-state index contributed by atoms with van der Waals surface area (Å²) < 4.78 is 5.26. The number of anilines is 3. The third-order valence-electron chi connectivity index (χ3n) is 2.97. The number of nitrogens with one attached hydrogen (secondary N) is 1. The molecule has 0 spiro atoms. The van der Waals surface area contributed by atoms with Gasteiger partial charge in [0.05, 0.1) is 24.1 Å². The molecule has 0 fully saturated rings. The van der Waals surface area contributed by atoms with E-state index >= 15 is 0 Å². The molecule has 0 amide bonds. The maximum atomic E-state index is 5.88. The Balaban J connectivity index is 2.00. The summed E-state index contributed by atoms with van der Waals surface area (Å²) in [4.78, 5) is 10.2. The molecule has 8 nitrogen and oxygen atoms in total. The molecule has 9 heteroatoms. The van der Waals surface area contributed by atoms with Crippen LogP contribution >= 0.6 is 11.6 Å². The highest BCUT2D eigenvalue weighted by Gasteiger charge is 2.18. The second-order valence-corrected chi connectivity index (χ2v) is 5.23. The molecule has 3 aromatic rings. The Hall–Kier alpha value is -2.61. The number of aromatic amines is 1. The number of hydrogen-bond donors (Lipinski definition) is 2. The monoisotopic (exact) mass is 319 g/mol. The van der Waals surface area contributed by atoms with Gasteiger partial charge in [-0.2, -0.15) is 10.1 Å². The van der Waals surface area contributed by atoms with E-state index in [1.165, 1.54) is 6.20 Å². The number of H-pyrrole nitrogens is 1. The standard InChI is InChI=1S/C13H14ClN7O/c1-7-4-11(19-18-7)21(6-9-3-8(2)20-22-9)13-16-5-10(14)12(15)17-13/h3-5H,6H2,1-2H3,(H,18,19)(H2,15,16,17). The average molecular weight is 320 g/mol. The van der Waals surface area contributed by atoms with E-state index < -0.39 is 0 Å². The summed E-state index contributed by atoms with van der Waals surface area (Å²) in [7, 11) is 0. The van der Waals surface area contributed by atoms with Crippen molar-refractivity contribution in [3.63, 3.8) is 0 Å². The van der Waals surface area contributed by atoms with Gasteiger partial charge in [-0.3, -0.25) is 10.00 Å². The number of aryl methyl sites for hydroxylation is 2. The van der Waals surface area contributed by atoms with E-state index in [9.17, 15) is 0 Å². The summed E-state index contributed by atoms with van der Waals surface area (Å²) in [5.74, 6) is 1.98. The first-order chi connectivity index (χ1) is 10.5. The zero-order valence-electron chi connectivity index (χ0n) is 12.0. The van der Waals surface area contributed by atoms with Crippen LogP contribution in [0.15, 0.2) is 22.9 Å². The number of aromatic nitrogens is 5. The first-order valence-corrected chi connectivity index (χ1v) is 6.90. The largest absolute Gasteiger partial charge is 0.382 e. The Bertz CT molecular complexity index is 797. The van der Waals surface area contributed by atoms with Gasteiger partial charge >= 0.3 is 0 Å². The number of hydrogen-bond acceptors (Lipinski definition) is 7. The van der Waals surface area contributed by atoms with Crippen molar-refractivity contribution in [2.75, 3.05) is 10.6 Å². The van der Waals surface area contributed by atoms with Crippen molar-refractivity contribution >= 4 is 29.2 Å². The minimum Gasteiger partial charge on any atom is -0.382 e. The second kappa shape index (κ2) is 5.64. The van der Waals surface area contributed by atoms with Crippen molar-refractivity contribution in [2.45, 2.75) is 20.4 Å². The van der Waals surface area contributed by atoms with Gasteiger partial charge in [-0.05, 0) is 13.8 Å². The Morgan fingerprint density at radius 1 is 1.32 bits per heavy atom. The molecule has 0 aliphatic heterocycles. The quantitative estimate of drug-likeness (QED) is 0.759. The van der Waals surface area contributed by atoms with Crippen LogP contribution < -0.4 is 10.6 Å². The summed E-state index contributed by atoms with van der Waals surface area (Å²) in [5.41, 5.74) is 7.41. The number of nitrogen functional groups attached to an aromatic ring is 1. The van der Waals surface area contributed by atoms with Crippen LogP contribution in [0.2, 0.25) is 5.02 Å². The average Bonchev–Trinajstić information content (AvgIpc) is 3.08. The molecule has 3 aromatic heterocycles. The van der Waals surface area contributed by atoms with Gasteiger partial charge in [0.2, 0.25) is 5.95 Å². The molecule has 0 saturated heterocycles. The van der Waals surface area contributed by atoms with E-state index in [1.807, 2.05) is 26.0 Å². The SMILES string of the molecule is Cc1cc(N(Cc2cc(C)no2)c2ncc(Cl)c(N)n2)[nH]n1. The third-order valence-corrected chi connectivity index (χ3v) is 3.27. The molecule has 22 heavy (non-hydrogen) atoms. The smallest absolute Gasteiger partial charge is 0.233 e. The minimum atomic E-state index is 0.210. The van der Waals surface area contributed by atoms with Crippen LogP contribution in [-0.2, 0) is 6.54 Å². The van der Waals surface area contributed by atoms with E-state index in [4.69, 9.17) is 21.9 Å². The van der Waals surface area contributed by atoms with Gasteiger partial charge in [0.15, 0.2) is 5.76 Å². The first kappa shape index (κ1) is 14.3. The van der Waals surface area contributed by atoms with Gasteiger partial charge in [-0.1, -0.05) is 16.8 Å². The summed E-state index contributed by atoms with van der Waals surface area (Å²) >= 11 is 5.88. The van der Waals surface area contributed by atoms with Crippen LogP contribution in [0, 0.1) is 13.8 Å². The molecule has 0 aromatic carbocycles. The maximum absolute atomic E-state index is 5.88. The predicted octanol–water partition coefficient (Wildman–Crippen LogP) is 2.38. The third kappa shape index (κ3) is 2.86. The van der Waals surface area contributed by atoms with Gasteiger partial charge in [-0.15, -0.1) is 0 Å². The van der Waals surface area contributed by atoms with Crippen molar-refractivity contribution in [3.05, 3.63) is 40.5 Å². The lowest BCUT2D eigenvalue weighted by atomic mass is 10.3. The zero-order valence-corrected chi connectivity index (χ0v) is 12.8. The first-order valence-electron chi connectivity index (χ1n) is 6.52. The van der Waals surface area contributed by atoms with Crippen LogP contribution in [0.3, 0.4) is 0 Å². The van der Waals surface area contributed by atoms with E-state index in [-0.39, 0.29) is 5.82 Å². The Morgan fingerprint density at radius 2 is 2.14 bits per heavy atom. The Morgan fingerprint density at radius 3 is 2.73 bits per heavy atom. The molecule has 0 aliphatic rings. The predicted molar refractivity (Wildman–Crippen MR) is 81.9 cm³/mol. The highest BCUT2D eigenvalue weighted by molar-refractivity contribution is 6.32. The van der Waals surface area contributed by atoms with Gasteiger partial charge in [0.1, 0.15) is 16.7 Å². The molecule has 0 bridgehead atoms. The van der Waals surface area contributed by atoms with E-state index in [0.29, 0.717) is 29.1 Å². The van der Waals surface area contributed by atoms with Crippen molar-refractivity contribution in [1.82, 2.24) is 25.3 Å². The lowest BCUT2D eigenvalue weighted by molar-refractivity contribution is 0.380. The van der Waals surface area contributed by atoms with Crippen molar-refractivity contribution in [2.24, 2.45) is 0 Å². The maximum Gasteiger partial charge on any atom is 0.233 e.